The van der Waals surface area contributed by atoms with Crippen molar-refractivity contribution in [2.45, 2.75) is 129 Å². The molecule has 368 valence electrons. The molecular formula is C53H65N5O11. The maximum atomic E-state index is 14.1. The number of aliphatic carboxylic acids is 1. The van der Waals surface area contributed by atoms with Crippen LogP contribution >= 0.6 is 0 Å². The number of benzene rings is 4. The molecule has 16 heteroatoms. The van der Waals surface area contributed by atoms with Gasteiger partial charge in [0.15, 0.2) is 17.3 Å². The van der Waals surface area contributed by atoms with Gasteiger partial charge in [-0.3, -0.25) is 43.2 Å². The Kier molecular flexibility index (Phi) is 17.7. The lowest BCUT2D eigenvalue weighted by Crippen LogP contribution is -2.61. The average Bonchev–Trinajstić information content (AvgIpc) is 3.27. The number of carboxylic acids is 1. The summed E-state index contributed by atoms with van der Waals surface area (Å²) in [6.07, 6.45) is -0.663. The molecule has 7 N–H and O–H groups in total. The third-order valence-electron chi connectivity index (χ3n) is 11.9. The molecule has 4 rings (SSSR count). The molecule has 0 heterocycles. The second-order valence-corrected chi connectivity index (χ2v) is 19.8. The Bertz CT molecular complexity index is 2580. The minimum absolute atomic E-state index is 0.0348. The number of hydrogen-bond donors (Lipinski definition) is 7. The van der Waals surface area contributed by atoms with Crippen LogP contribution in [0.3, 0.4) is 0 Å². The van der Waals surface area contributed by atoms with Crippen LogP contribution < -0.4 is 26.6 Å². The van der Waals surface area contributed by atoms with Gasteiger partial charge < -0.3 is 36.8 Å². The fourth-order valence-electron chi connectivity index (χ4n) is 7.25. The highest BCUT2D eigenvalue weighted by molar-refractivity contribution is 6.09. The number of carbonyl (C=O) groups excluding carboxylic acids is 8. The Morgan fingerprint density at radius 1 is 0.493 bits per heavy atom. The molecule has 0 radical (unpaired) electrons. The van der Waals surface area contributed by atoms with Crippen molar-refractivity contribution in [1.82, 2.24) is 26.6 Å². The first kappa shape index (κ1) is 54.5. The first-order chi connectivity index (χ1) is 32.0. The maximum Gasteiger partial charge on any atom is 0.325 e. The molecule has 4 aromatic rings. The number of rotatable bonds is 23. The highest BCUT2D eigenvalue weighted by atomic mass is 16.4. The van der Waals surface area contributed by atoms with Crippen LogP contribution in [0, 0.1) is 11.8 Å². The Morgan fingerprint density at radius 3 is 1.45 bits per heavy atom. The Morgan fingerprint density at radius 2 is 0.928 bits per heavy atom. The van der Waals surface area contributed by atoms with E-state index in [4.69, 9.17) is 0 Å². The minimum atomic E-state index is -1.71. The van der Waals surface area contributed by atoms with Crippen LogP contribution in [0.5, 0.6) is 0 Å². The van der Waals surface area contributed by atoms with Crippen LogP contribution in [0.4, 0.5) is 0 Å². The van der Waals surface area contributed by atoms with Gasteiger partial charge in [-0.15, -0.1) is 0 Å². The van der Waals surface area contributed by atoms with Crippen molar-refractivity contribution >= 4 is 63.6 Å². The number of carboxylic acid groups (broad SMARTS) is 1. The summed E-state index contributed by atoms with van der Waals surface area (Å²) in [5.41, 5.74) is -4.35. The lowest BCUT2D eigenvalue weighted by atomic mass is 9.85. The van der Waals surface area contributed by atoms with E-state index in [0.29, 0.717) is 16.7 Å². The normalized spacial score (nSPS) is 13.7. The van der Waals surface area contributed by atoms with E-state index in [9.17, 15) is 53.4 Å². The second-order valence-electron chi connectivity index (χ2n) is 19.8. The van der Waals surface area contributed by atoms with Gasteiger partial charge in [-0.2, -0.15) is 0 Å². The molecule has 69 heavy (non-hydrogen) atoms. The number of Topliss-reactive ketones (excluding diaryl/α,β-unsaturated/α-hetero) is 2. The second kappa shape index (κ2) is 22.4. The monoisotopic (exact) mass is 947 g/mol. The van der Waals surface area contributed by atoms with E-state index in [1.165, 1.54) is 69.2 Å². The summed E-state index contributed by atoms with van der Waals surface area (Å²) in [7, 11) is 0. The van der Waals surface area contributed by atoms with Gasteiger partial charge in [-0.1, -0.05) is 97.1 Å². The van der Waals surface area contributed by atoms with E-state index in [0.717, 1.165) is 16.3 Å². The predicted octanol–water partition coefficient (Wildman–Crippen LogP) is 4.56. The average molecular weight is 948 g/mol. The summed E-state index contributed by atoms with van der Waals surface area (Å²) in [5, 5.41) is 34.6. The zero-order valence-corrected chi connectivity index (χ0v) is 40.9. The molecule has 4 unspecified atom stereocenters. The predicted molar refractivity (Wildman–Crippen MR) is 260 cm³/mol. The Balaban J connectivity index is 1.47. The summed E-state index contributed by atoms with van der Waals surface area (Å²) < 4.78 is 0. The van der Waals surface area contributed by atoms with Crippen LogP contribution in [0.25, 0.3) is 10.8 Å². The van der Waals surface area contributed by atoms with Crippen molar-refractivity contribution in [2.75, 3.05) is 0 Å². The summed E-state index contributed by atoms with van der Waals surface area (Å²) in [4.78, 5) is 120. The third-order valence-corrected chi connectivity index (χ3v) is 11.9. The van der Waals surface area contributed by atoms with Gasteiger partial charge in [0.25, 0.3) is 0 Å². The largest absolute Gasteiger partial charge is 0.480 e. The first-order valence-corrected chi connectivity index (χ1v) is 22.8. The van der Waals surface area contributed by atoms with Gasteiger partial charge in [0.2, 0.25) is 29.5 Å². The van der Waals surface area contributed by atoms with Gasteiger partial charge in [0.05, 0.1) is 5.54 Å². The molecule has 5 amide bonds. The SMILES string of the molecule is CC(NC(=O)C(C)(C)NC(=O)C(CC(=O)C(C)(C)NC(=O)C(C)NC(=O)C(C)(C)NC(=O)C(CC(=O)C(C)(C)O)Cc1ccc2ccccc2c1)Cc1ccc(C(=O)c2ccccc2)cc1)C(=O)O. The molecule has 16 nitrogen and oxygen atoms in total. The molecule has 0 aromatic heterocycles. The highest BCUT2D eigenvalue weighted by Gasteiger charge is 2.40. The molecule has 0 aliphatic heterocycles. The fraction of sp³-hybridized carbons (Fsp3) is 0.415. The topological polar surface area (TPSA) is 254 Å². The Hall–Kier alpha value is -7.07. The Labute approximate surface area is 402 Å². The van der Waals surface area contributed by atoms with E-state index in [2.05, 4.69) is 26.6 Å². The molecule has 4 aromatic carbocycles. The van der Waals surface area contributed by atoms with Crippen LogP contribution in [-0.2, 0) is 51.2 Å². The van der Waals surface area contributed by atoms with Gasteiger partial charge in [0.1, 0.15) is 28.8 Å². The van der Waals surface area contributed by atoms with Crippen LogP contribution in [-0.4, -0.2) is 97.4 Å². The number of carbonyl (C=O) groups is 9. The minimum Gasteiger partial charge on any atom is -0.480 e. The van der Waals surface area contributed by atoms with Crippen molar-refractivity contribution in [2.24, 2.45) is 11.8 Å². The molecule has 0 aliphatic rings. The van der Waals surface area contributed by atoms with Crippen LogP contribution in [0.15, 0.2) is 97.1 Å². The highest BCUT2D eigenvalue weighted by Crippen LogP contribution is 2.24. The molecule has 0 fully saturated rings. The van der Waals surface area contributed by atoms with E-state index < -0.39 is 99.6 Å². The number of aliphatic hydroxyl groups is 1. The summed E-state index contributed by atoms with van der Waals surface area (Å²) in [6, 6.07) is 26.0. The van der Waals surface area contributed by atoms with Gasteiger partial charge in [-0.25, -0.2) is 0 Å². The summed E-state index contributed by atoms with van der Waals surface area (Å²) in [6.45, 7) is 13.8. The molecule has 0 saturated heterocycles. The van der Waals surface area contributed by atoms with Crippen LogP contribution in [0.2, 0.25) is 0 Å². The summed E-state index contributed by atoms with van der Waals surface area (Å²) in [5.74, 6) is -8.39. The zero-order valence-electron chi connectivity index (χ0n) is 40.9. The fourth-order valence-corrected chi connectivity index (χ4v) is 7.25. The molecule has 0 spiro atoms. The molecule has 4 atom stereocenters. The lowest BCUT2D eigenvalue weighted by molar-refractivity contribution is -0.143. The first-order valence-electron chi connectivity index (χ1n) is 22.8. The van der Waals surface area contributed by atoms with E-state index in [1.807, 2.05) is 42.5 Å². The number of hydrogen-bond acceptors (Lipinski definition) is 10. The number of nitrogens with one attached hydrogen (secondary N) is 5. The number of amides is 5. The quantitative estimate of drug-likeness (QED) is 0.0508. The summed E-state index contributed by atoms with van der Waals surface area (Å²) >= 11 is 0. The molecular weight excluding hydrogens is 883 g/mol. The van der Waals surface area contributed by atoms with Crippen molar-refractivity contribution in [3.05, 3.63) is 119 Å². The van der Waals surface area contributed by atoms with Crippen molar-refractivity contribution in [3.63, 3.8) is 0 Å². The van der Waals surface area contributed by atoms with E-state index in [-0.39, 0.29) is 25.0 Å². The van der Waals surface area contributed by atoms with Crippen molar-refractivity contribution in [3.8, 4) is 0 Å². The smallest absolute Gasteiger partial charge is 0.325 e. The molecule has 0 saturated carbocycles. The third kappa shape index (κ3) is 15.2. The lowest BCUT2D eigenvalue weighted by Gasteiger charge is -2.32. The van der Waals surface area contributed by atoms with E-state index >= 15 is 0 Å². The van der Waals surface area contributed by atoms with Crippen molar-refractivity contribution in [1.29, 1.82) is 0 Å². The van der Waals surface area contributed by atoms with Gasteiger partial charge >= 0.3 is 5.97 Å². The maximum absolute atomic E-state index is 14.1. The molecule has 0 bridgehead atoms. The standard InChI is InChI=1S/C53H65N5O11/c1-31(54-48(67)51(5,6)58-46(64)40(30-42(60)53(9,10)69)28-34-22-23-35-16-14-15-19-38(35)27-34)44(62)56-50(3,4)41(59)29-39(45(63)57-52(7,8)49(68)55-32(2)47(65)66)26-33-20-24-37(25-21-33)43(61)36-17-12-11-13-18-36/h11-25,27,31-32,39-40,69H,26,28-30H2,1-10H3,(H,54,67)(H,55,68)(H,56,62)(H,57,63)(H,58,64)(H,65,66). The zero-order chi connectivity index (χ0) is 51.6. The molecule has 0 aliphatic carbocycles. The van der Waals surface area contributed by atoms with Gasteiger partial charge in [-0.05, 0) is 104 Å². The van der Waals surface area contributed by atoms with Gasteiger partial charge in [0, 0.05) is 35.8 Å². The van der Waals surface area contributed by atoms with Crippen LogP contribution in [0.1, 0.15) is 109 Å². The number of ketones is 3. The van der Waals surface area contributed by atoms with Crippen molar-refractivity contribution < 1.29 is 53.4 Å². The number of fused-ring (bicyclic) bond motifs is 1. The van der Waals surface area contributed by atoms with E-state index in [1.54, 1.807) is 54.6 Å².